The van der Waals surface area contributed by atoms with Crippen LogP contribution in [0.2, 0.25) is 0 Å². The molecule has 2 aliphatic heterocycles. The van der Waals surface area contributed by atoms with E-state index in [-0.39, 0.29) is 17.7 Å². The van der Waals surface area contributed by atoms with Crippen molar-refractivity contribution in [1.29, 1.82) is 0 Å². The van der Waals surface area contributed by atoms with Crippen LogP contribution in [0.25, 0.3) is 0 Å². The molecule has 1 aromatic heterocycles. The highest BCUT2D eigenvalue weighted by Gasteiger charge is 2.39. The van der Waals surface area contributed by atoms with Crippen molar-refractivity contribution in [1.82, 2.24) is 19.9 Å². The van der Waals surface area contributed by atoms with Crippen molar-refractivity contribution in [2.24, 2.45) is 5.92 Å². The quantitative estimate of drug-likeness (QED) is 0.799. The first-order chi connectivity index (χ1) is 10.6. The largest absolute Gasteiger partial charge is 0.361 e. The van der Waals surface area contributed by atoms with E-state index in [2.05, 4.69) is 17.0 Å². The maximum Gasteiger partial charge on any atom is 0.276 e. The number of aryl methyl sites for hydroxylation is 1. The van der Waals surface area contributed by atoms with E-state index in [1.54, 1.807) is 17.9 Å². The number of amides is 2. The van der Waals surface area contributed by atoms with Gasteiger partial charge in [-0.15, -0.1) is 0 Å². The van der Waals surface area contributed by atoms with Crippen LogP contribution in [0, 0.1) is 12.8 Å². The number of aromatic nitrogens is 1. The Bertz CT molecular complexity index is 557. The van der Waals surface area contributed by atoms with Gasteiger partial charge in [0.2, 0.25) is 5.91 Å². The van der Waals surface area contributed by atoms with E-state index in [4.69, 9.17) is 4.52 Å². The normalized spacial score (nSPS) is 20.1. The summed E-state index contributed by atoms with van der Waals surface area (Å²) >= 11 is 0. The Kier molecular flexibility index (Phi) is 4.15. The summed E-state index contributed by atoms with van der Waals surface area (Å²) < 4.78 is 4.92. The molecule has 22 heavy (non-hydrogen) atoms. The second kappa shape index (κ2) is 6.08. The Morgan fingerprint density at radius 2 is 1.91 bits per heavy atom. The first-order valence-electron chi connectivity index (χ1n) is 7.82. The highest BCUT2D eigenvalue weighted by molar-refractivity contribution is 5.94. The molecule has 7 heteroatoms. The van der Waals surface area contributed by atoms with Crippen molar-refractivity contribution in [3.8, 4) is 0 Å². The molecule has 1 aromatic rings. The number of piperazine rings is 1. The molecule has 0 spiro atoms. The third kappa shape index (κ3) is 2.85. The van der Waals surface area contributed by atoms with Crippen LogP contribution in [0.1, 0.15) is 23.2 Å². The molecule has 0 aliphatic carbocycles. The third-order valence-electron chi connectivity index (χ3n) is 4.50. The minimum absolute atomic E-state index is 0.0647. The highest BCUT2D eigenvalue weighted by atomic mass is 16.5. The van der Waals surface area contributed by atoms with Crippen molar-refractivity contribution in [3.63, 3.8) is 0 Å². The summed E-state index contributed by atoms with van der Waals surface area (Å²) in [7, 11) is 0. The number of likely N-dealkylation sites (N-methyl/N-ethyl adjacent to an activating group) is 1. The molecular weight excluding hydrogens is 284 g/mol. The summed E-state index contributed by atoms with van der Waals surface area (Å²) in [6, 6.07) is 1.63. The van der Waals surface area contributed by atoms with Crippen LogP contribution in [0.5, 0.6) is 0 Å². The zero-order valence-electron chi connectivity index (χ0n) is 13.1. The van der Waals surface area contributed by atoms with Crippen LogP contribution in [-0.4, -0.2) is 77.5 Å². The van der Waals surface area contributed by atoms with Gasteiger partial charge in [-0.25, -0.2) is 0 Å². The topological polar surface area (TPSA) is 69.9 Å². The van der Waals surface area contributed by atoms with Crippen LogP contribution in [0.4, 0.5) is 0 Å². The van der Waals surface area contributed by atoms with E-state index in [0.29, 0.717) is 24.5 Å². The molecule has 2 aliphatic rings. The molecule has 0 atom stereocenters. The van der Waals surface area contributed by atoms with E-state index < -0.39 is 0 Å². The number of carbonyl (C=O) groups excluding carboxylic acids is 2. The molecule has 0 unspecified atom stereocenters. The predicted molar refractivity (Wildman–Crippen MR) is 79.3 cm³/mol. The summed E-state index contributed by atoms with van der Waals surface area (Å²) in [5.74, 6) is 0.572. The highest BCUT2D eigenvalue weighted by Crippen LogP contribution is 2.21. The zero-order valence-corrected chi connectivity index (χ0v) is 13.1. The van der Waals surface area contributed by atoms with E-state index in [1.165, 1.54) is 0 Å². The Labute approximate surface area is 129 Å². The SMILES string of the molecule is CCN1CCN(C(=O)C2CN(C(=O)c3cc(C)on3)C2)CC1. The van der Waals surface area contributed by atoms with Gasteiger partial charge in [-0.05, 0) is 13.5 Å². The van der Waals surface area contributed by atoms with Crippen LogP contribution < -0.4 is 0 Å². The van der Waals surface area contributed by atoms with Gasteiger partial charge < -0.3 is 19.2 Å². The standard InChI is InChI=1S/C15H22N4O3/c1-3-17-4-6-18(7-5-17)14(20)12-9-19(10-12)15(21)13-8-11(2)22-16-13/h8,12H,3-7,9-10H2,1-2H3. The molecule has 0 aromatic carbocycles. The average molecular weight is 306 g/mol. The molecule has 7 nitrogen and oxygen atoms in total. The van der Waals surface area contributed by atoms with Gasteiger partial charge in [0.25, 0.3) is 5.91 Å². The maximum absolute atomic E-state index is 12.4. The van der Waals surface area contributed by atoms with Crippen molar-refractivity contribution >= 4 is 11.8 Å². The molecule has 0 bridgehead atoms. The smallest absolute Gasteiger partial charge is 0.276 e. The lowest BCUT2D eigenvalue weighted by atomic mass is 9.97. The minimum atomic E-state index is -0.156. The Morgan fingerprint density at radius 1 is 1.23 bits per heavy atom. The number of nitrogens with zero attached hydrogens (tertiary/aromatic N) is 4. The summed E-state index contributed by atoms with van der Waals surface area (Å²) in [5.41, 5.74) is 0.319. The fourth-order valence-corrected chi connectivity index (χ4v) is 2.97. The van der Waals surface area contributed by atoms with Gasteiger partial charge in [0.15, 0.2) is 5.69 Å². The molecule has 2 saturated heterocycles. The predicted octanol–water partition coefficient (Wildman–Crippen LogP) is 0.219. The fraction of sp³-hybridized carbons (Fsp3) is 0.667. The summed E-state index contributed by atoms with van der Waals surface area (Å²) in [5, 5.41) is 3.73. The van der Waals surface area contributed by atoms with E-state index in [9.17, 15) is 9.59 Å². The van der Waals surface area contributed by atoms with Crippen molar-refractivity contribution < 1.29 is 14.1 Å². The van der Waals surface area contributed by atoms with Gasteiger partial charge in [-0.1, -0.05) is 12.1 Å². The number of hydrogen-bond acceptors (Lipinski definition) is 5. The van der Waals surface area contributed by atoms with Crippen molar-refractivity contribution in [3.05, 3.63) is 17.5 Å². The molecule has 120 valence electrons. The molecule has 3 rings (SSSR count). The second-order valence-electron chi connectivity index (χ2n) is 5.99. The van der Waals surface area contributed by atoms with Gasteiger partial charge in [0, 0.05) is 45.3 Å². The van der Waals surface area contributed by atoms with Crippen LogP contribution in [0.15, 0.2) is 10.6 Å². The van der Waals surface area contributed by atoms with Crippen LogP contribution in [-0.2, 0) is 4.79 Å². The monoisotopic (exact) mass is 306 g/mol. The van der Waals surface area contributed by atoms with Crippen LogP contribution in [0.3, 0.4) is 0 Å². The lowest BCUT2D eigenvalue weighted by Gasteiger charge is -2.42. The number of hydrogen-bond donors (Lipinski definition) is 0. The maximum atomic E-state index is 12.4. The third-order valence-corrected chi connectivity index (χ3v) is 4.50. The molecule has 0 saturated carbocycles. The van der Waals surface area contributed by atoms with Crippen molar-refractivity contribution in [2.75, 3.05) is 45.8 Å². The van der Waals surface area contributed by atoms with E-state index in [0.717, 1.165) is 32.7 Å². The summed E-state index contributed by atoms with van der Waals surface area (Å²) in [6.07, 6.45) is 0. The van der Waals surface area contributed by atoms with Gasteiger partial charge in [0.1, 0.15) is 5.76 Å². The molecule has 0 radical (unpaired) electrons. The zero-order chi connectivity index (χ0) is 15.7. The lowest BCUT2D eigenvalue weighted by molar-refractivity contribution is -0.141. The van der Waals surface area contributed by atoms with E-state index in [1.807, 2.05) is 4.90 Å². The Hall–Kier alpha value is -1.89. The molecule has 2 fully saturated rings. The Balaban J connectivity index is 1.49. The molecule has 2 amide bonds. The first-order valence-corrected chi connectivity index (χ1v) is 7.82. The van der Waals surface area contributed by atoms with Gasteiger partial charge in [-0.2, -0.15) is 0 Å². The Morgan fingerprint density at radius 3 is 2.45 bits per heavy atom. The van der Waals surface area contributed by atoms with Gasteiger partial charge in [0.05, 0.1) is 5.92 Å². The molecular formula is C15H22N4O3. The number of rotatable bonds is 3. The average Bonchev–Trinajstić information content (AvgIpc) is 2.92. The first kappa shape index (κ1) is 15.0. The van der Waals surface area contributed by atoms with Gasteiger partial charge in [-0.3, -0.25) is 9.59 Å². The minimum Gasteiger partial charge on any atom is -0.361 e. The second-order valence-corrected chi connectivity index (χ2v) is 5.99. The van der Waals surface area contributed by atoms with E-state index >= 15 is 0 Å². The number of carbonyl (C=O) groups is 2. The molecule has 0 N–H and O–H groups in total. The summed E-state index contributed by atoms with van der Waals surface area (Å²) in [4.78, 5) is 30.5. The van der Waals surface area contributed by atoms with Gasteiger partial charge >= 0.3 is 0 Å². The summed E-state index contributed by atoms with van der Waals surface area (Å²) in [6.45, 7) is 9.35. The lowest BCUT2D eigenvalue weighted by Crippen LogP contribution is -2.59. The van der Waals surface area contributed by atoms with Crippen molar-refractivity contribution in [2.45, 2.75) is 13.8 Å². The van der Waals surface area contributed by atoms with Crippen LogP contribution >= 0.6 is 0 Å². The fourth-order valence-electron chi connectivity index (χ4n) is 2.97. The number of likely N-dealkylation sites (tertiary alicyclic amines) is 1. The molecule has 3 heterocycles.